The van der Waals surface area contributed by atoms with Crippen LogP contribution >= 0.6 is 11.6 Å². The summed E-state index contributed by atoms with van der Waals surface area (Å²) in [6.45, 7) is 1.47. The summed E-state index contributed by atoms with van der Waals surface area (Å²) in [4.78, 5) is 45.4. The Morgan fingerprint density at radius 3 is 2.67 bits per heavy atom. The van der Waals surface area contributed by atoms with Crippen molar-refractivity contribution in [3.63, 3.8) is 0 Å². The van der Waals surface area contributed by atoms with Gasteiger partial charge in [0.05, 0.1) is 16.6 Å². The smallest absolute Gasteiger partial charge is 0.269 e. The minimum Gasteiger partial charge on any atom is -0.342 e. The number of nitrogens with zero attached hydrogens (tertiary/aromatic N) is 4. The van der Waals surface area contributed by atoms with Gasteiger partial charge in [0.15, 0.2) is 0 Å². The number of nitro groups is 1. The van der Waals surface area contributed by atoms with E-state index >= 15 is 0 Å². The molecule has 30 heavy (non-hydrogen) atoms. The Labute approximate surface area is 175 Å². The Bertz CT molecular complexity index is 1130. The number of non-ortho nitro benzene ring substituents is 1. The van der Waals surface area contributed by atoms with Gasteiger partial charge in [-0.2, -0.15) is 10.2 Å². The highest BCUT2D eigenvalue weighted by Crippen LogP contribution is 2.42. The number of carbonyl (C=O) groups is 1. The number of rotatable bonds is 3. The highest BCUT2D eigenvalue weighted by atomic mass is 35.5. The molecule has 1 fully saturated rings. The van der Waals surface area contributed by atoms with Crippen LogP contribution in [0.1, 0.15) is 36.3 Å². The lowest BCUT2D eigenvalue weighted by Gasteiger charge is -2.31. The number of nitro benzene ring substituents is 1. The van der Waals surface area contributed by atoms with Crippen molar-refractivity contribution in [2.75, 3.05) is 23.3 Å². The summed E-state index contributed by atoms with van der Waals surface area (Å²) in [6.07, 6.45) is 3.03. The second-order valence-corrected chi connectivity index (χ2v) is 7.64. The maximum absolute atomic E-state index is 13.0. The topological polar surface area (TPSA) is 145 Å². The third-order valence-electron chi connectivity index (χ3n) is 5.43. The summed E-state index contributed by atoms with van der Waals surface area (Å²) in [5, 5.41) is 23.5. The normalized spacial score (nSPS) is 20.8. The summed E-state index contributed by atoms with van der Waals surface area (Å²) in [6, 6.07) is 5.62. The first kappa shape index (κ1) is 19.8. The van der Waals surface area contributed by atoms with E-state index in [1.807, 2.05) is 11.0 Å². The quantitative estimate of drug-likeness (QED) is 0.564. The summed E-state index contributed by atoms with van der Waals surface area (Å²) < 4.78 is 0. The van der Waals surface area contributed by atoms with Gasteiger partial charge in [-0.15, -0.1) is 0 Å². The fourth-order valence-electron chi connectivity index (χ4n) is 3.97. The number of aromatic amines is 1. The number of aromatic nitrogens is 2. The minimum absolute atomic E-state index is 0.0448. The number of benzene rings is 1. The molecule has 2 unspecified atom stereocenters. The molecule has 1 amide bonds. The molecule has 1 aromatic heterocycles. The number of nitriles is 1. The molecular weight excluding hydrogens is 412 g/mol. The lowest BCUT2D eigenvalue weighted by Crippen LogP contribution is -2.40. The Morgan fingerprint density at radius 2 is 2.00 bits per heavy atom. The largest absolute Gasteiger partial charge is 0.342 e. The van der Waals surface area contributed by atoms with Crippen molar-refractivity contribution in [1.29, 1.82) is 5.26 Å². The molecule has 0 spiro atoms. The zero-order chi connectivity index (χ0) is 21.4. The van der Waals surface area contributed by atoms with E-state index < -0.39 is 28.2 Å². The monoisotopic (exact) mass is 428 g/mol. The van der Waals surface area contributed by atoms with Gasteiger partial charge < -0.3 is 10.2 Å². The van der Waals surface area contributed by atoms with Gasteiger partial charge >= 0.3 is 0 Å². The Hall–Kier alpha value is -3.45. The zero-order valence-electron chi connectivity index (χ0n) is 15.7. The number of hydrogen-bond donors (Lipinski definition) is 2. The third kappa shape index (κ3) is 3.37. The number of fused-ring (bicyclic) bond motifs is 1. The Balaban J connectivity index is 1.89. The number of nitrogens with one attached hydrogen (secondary N) is 2. The average Bonchev–Trinajstić information content (AvgIpc) is 2.73. The van der Waals surface area contributed by atoms with E-state index in [9.17, 15) is 25.0 Å². The molecule has 2 aliphatic heterocycles. The third-order valence-corrected chi connectivity index (χ3v) is 5.78. The molecule has 0 aliphatic carbocycles. The molecule has 0 bridgehead atoms. The molecule has 10 nitrogen and oxygen atoms in total. The van der Waals surface area contributed by atoms with Crippen molar-refractivity contribution in [2.24, 2.45) is 5.92 Å². The van der Waals surface area contributed by atoms with Gasteiger partial charge in [-0.05, 0) is 30.9 Å². The van der Waals surface area contributed by atoms with Gasteiger partial charge in [0.1, 0.15) is 11.7 Å². The first-order valence-electron chi connectivity index (χ1n) is 9.44. The summed E-state index contributed by atoms with van der Waals surface area (Å²) >= 11 is 6.27. The van der Waals surface area contributed by atoms with Gasteiger partial charge in [-0.1, -0.05) is 11.6 Å². The standard InChI is InChI=1S/C19H17ClN6O4/c20-13-5-4-10(26(29)30)8-11(13)14-12(9-21)17(27)22-16-15(14)18(28)24-19(23-16)25-6-2-1-3-7-25/h4-5,8,12,14H,1-3,6-7H2,(H2,22,23,24,27,28). The number of carbonyl (C=O) groups excluding carboxylic acids is 1. The van der Waals surface area contributed by atoms with E-state index in [1.54, 1.807) is 0 Å². The number of H-pyrrole nitrogens is 1. The van der Waals surface area contributed by atoms with Gasteiger partial charge in [0.25, 0.3) is 11.2 Å². The second kappa shape index (κ2) is 7.76. The number of piperidine rings is 1. The first-order chi connectivity index (χ1) is 14.4. The molecule has 0 radical (unpaired) electrons. The molecule has 2 aliphatic rings. The van der Waals surface area contributed by atoms with Crippen molar-refractivity contribution in [2.45, 2.75) is 25.2 Å². The first-order valence-corrected chi connectivity index (χ1v) is 9.82. The molecule has 154 valence electrons. The maximum atomic E-state index is 13.0. The average molecular weight is 429 g/mol. The highest BCUT2D eigenvalue weighted by molar-refractivity contribution is 6.31. The minimum atomic E-state index is -1.29. The molecule has 1 saturated heterocycles. The SMILES string of the molecule is N#CC1C(=O)Nc2nc(N3CCCCC3)[nH]c(=O)c2C1c1cc([N+](=O)[O-])ccc1Cl. The molecule has 2 N–H and O–H groups in total. The molecule has 2 aromatic rings. The van der Waals surface area contributed by atoms with E-state index in [-0.39, 0.29) is 27.7 Å². The van der Waals surface area contributed by atoms with Gasteiger partial charge in [0, 0.05) is 36.2 Å². The van der Waals surface area contributed by atoms with Crippen molar-refractivity contribution >= 4 is 35.0 Å². The van der Waals surface area contributed by atoms with Crippen LogP contribution in [-0.2, 0) is 4.79 Å². The van der Waals surface area contributed by atoms with Crippen LogP contribution < -0.4 is 15.8 Å². The second-order valence-electron chi connectivity index (χ2n) is 7.24. The maximum Gasteiger partial charge on any atom is 0.269 e. The van der Waals surface area contributed by atoms with Crippen molar-refractivity contribution in [3.8, 4) is 6.07 Å². The van der Waals surface area contributed by atoms with E-state index in [0.717, 1.165) is 32.4 Å². The van der Waals surface area contributed by atoms with Crippen LogP contribution in [0.15, 0.2) is 23.0 Å². The molecule has 3 heterocycles. The predicted molar refractivity (Wildman–Crippen MR) is 109 cm³/mol. The summed E-state index contributed by atoms with van der Waals surface area (Å²) in [5.74, 6) is -2.62. The van der Waals surface area contributed by atoms with Crippen LogP contribution in [0.25, 0.3) is 0 Å². The van der Waals surface area contributed by atoms with Crippen molar-refractivity contribution in [1.82, 2.24) is 9.97 Å². The highest BCUT2D eigenvalue weighted by Gasteiger charge is 2.41. The lowest BCUT2D eigenvalue weighted by molar-refractivity contribution is -0.384. The predicted octanol–water partition coefficient (Wildman–Crippen LogP) is 2.55. The van der Waals surface area contributed by atoms with Crippen LogP contribution in [0.4, 0.5) is 17.5 Å². The number of amides is 1. The van der Waals surface area contributed by atoms with Crippen molar-refractivity contribution in [3.05, 3.63) is 54.8 Å². The number of halogens is 1. The number of hydrogen-bond acceptors (Lipinski definition) is 7. The van der Waals surface area contributed by atoms with E-state index in [4.69, 9.17) is 11.6 Å². The summed E-state index contributed by atoms with van der Waals surface area (Å²) in [5.41, 5.74) is -0.558. The summed E-state index contributed by atoms with van der Waals surface area (Å²) in [7, 11) is 0. The van der Waals surface area contributed by atoms with E-state index in [0.29, 0.717) is 5.95 Å². The molecular formula is C19H17ClN6O4. The fraction of sp³-hybridized carbons (Fsp3) is 0.368. The lowest BCUT2D eigenvalue weighted by atomic mass is 9.79. The fourth-order valence-corrected chi connectivity index (χ4v) is 4.21. The molecule has 2 atom stereocenters. The van der Waals surface area contributed by atoms with Gasteiger partial charge in [-0.3, -0.25) is 24.7 Å². The Morgan fingerprint density at radius 1 is 1.27 bits per heavy atom. The number of anilines is 2. The van der Waals surface area contributed by atoms with Crippen LogP contribution in [0.2, 0.25) is 5.02 Å². The van der Waals surface area contributed by atoms with E-state index in [1.165, 1.54) is 18.2 Å². The van der Waals surface area contributed by atoms with Gasteiger partial charge in [-0.25, -0.2) is 0 Å². The van der Waals surface area contributed by atoms with E-state index in [2.05, 4.69) is 15.3 Å². The van der Waals surface area contributed by atoms with Crippen molar-refractivity contribution < 1.29 is 9.72 Å². The molecule has 11 heteroatoms. The van der Waals surface area contributed by atoms with Gasteiger partial charge in [0.2, 0.25) is 11.9 Å². The molecule has 0 saturated carbocycles. The molecule has 1 aromatic carbocycles. The van der Waals surface area contributed by atoms with Crippen LogP contribution in [0.3, 0.4) is 0 Å². The van der Waals surface area contributed by atoms with Crippen LogP contribution in [-0.4, -0.2) is 33.9 Å². The molecule has 4 rings (SSSR count). The van der Waals surface area contributed by atoms with Crippen LogP contribution in [0, 0.1) is 27.4 Å². The Kier molecular flexibility index (Phi) is 5.13. The zero-order valence-corrected chi connectivity index (χ0v) is 16.5. The van der Waals surface area contributed by atoms with Crippen LogP contribution in [0.5, 0.6) is 0 Å².